The molecule has 25 heavy (non-hydrogen) atoms. The van der Waals surface area contributed by atoms with E-state index < -0.39 is 12.1 Å². The van der Waals surface area contributed by atoms with E-state index in [1.54, 1.807) is 11.0 Å². The summed E-state index contributed by atoms with van der Waals surface area (Å²) in [6, 6.07) is 6.25. The van der Waals surface area contributed by atoms with Gasteiger partial charge in [0.15, 0.2) is 0 Å². The van der Waals surface area contributed by atoms with Crippen LogP contribution in [0.15, 0.2) is 24.3 Å². The molecule has 1 aliphatic heterocycles. The first-order valence-corrected chi connectivity index (χ1v) is 8.84. The topological polar surface area (TPSA) is 111 Å². The van der Waals surface area contributed by atoms with Gasteiger partial charge in [0.05, 0.1) is 11.1 Å². The lowest BCUT2D eigenvalue weighted by Crippen LogP contribution is -2.48. The average Bonchev–Trinajstić information content (AvgIpc) is 2.60. The predicted molar refractivity (Wildman–Crippen MR) is 96.5 cm³/mol. The molecule has 0 aliphatic carbocycles. The van der Waals surface area contributed by atoms with E-state index >= 15 is 0 Å². The molecule has 1 fully saturated rings. The molecule has 1 aromatic carbocycles. The van der Waals surface area contributed by atoms with Gasteiger partial charge < -0.3 is 26.4 Å². The van der Waals surface area contributed by atoms with Crippen LogP contribution in [-0.2, 0) is 4.79 Å². The summed E-state index contributed by atoms with van der Waals surface area (Å²) < 4.78 is 5.92. The Morgan fingerprint density at radius 3 is 2.64 bits per heavy atom. The third-order valence-corrected chi connectivity index (χ3v) is 4.50. The highest BCUT2D eigenvalue weighted by Crippen LogP contribution is 2.26. The number of amides is 3. The summed E-state index contributed by atoms with van der Waals surface area (Å²) in [7, 11) is 0. The lowest BCUT2D eigenvalue weighted by atomic mass is 10.0. The lowest BCUT2D eigenvalue weighted by molar-refractivity contribution is -0.134. The van der Waals surface area contributed by atoms with E-state index in [-0.39, 0.29) is 12.0 Å². The number of nitrogens with one attached hydrogen (secondary N) is 1. The number of urea groups is 1. The Morgan fingerprint density at radius 1 is 1.32 bits per heavy atom. The van der Waals surface area contributed by atoms with Crippen molar-refractivity contribution >= 4 is 23.5 Å². The van der Waals surface area contributed by atoms with Crippen LogP contribution in [0.5, 0.6) is 5.75 Å². The van der Waals surface area contributed by atoms with Crippen LogP contribution in [0, 0.1) is 0 Å². The third kappa shape index (κ3) is 6.10. The maximum atomic E-state index is 12.4. The van der Waals surface area contributed by atoms with Crippen molar-refractivity contribution in [3.05, 3.63) is 29.3 Å². The molecule has 138 valence electrons. The number of ether oxygens (including phenoxy) is 1. The van der Waals surface area contributed by atoms with Gasteiger partial charge in [-0.2, -0.15) is 0 Å². The molecule has 0 radical (unpaired) electrons. The number of carbonyl (C=O) groups excluding carboxylic acids is 2. The van der Waals surface area contributed by atoms with Gasteiger partial charge in [-0.05, 0) is 25.0 Å². The number of benzene rings is 1. The molecule has 5 N–H and O–H groups in total. The van der Waals surface area contributed by atoms with Crippen molar-refractivity contribution in [1.29, 1.82) is 0 Å². The van der Waals surface area contributed by atoms with Gasteiger partial charge in [0.1, 0.15) is 11.9 Å². The zero-order valence-electron chi connectivity index (χ0n) is 14.1. The zero-order chi connectivity index (χ0) is 18.2. The molecule has 0 aromatic heterocycles. The minimum absolute atomic E-state index is 0.0416. The molecule has 7 nitrogen and oxygen atoms in total. The van der Waals surface area contributed by atoms with Crippen molar-refractivity contribution in [2.75, 3.05) is 19.6 Å². The molecule has 1 heterocycles. The molecule has 0 bridgehead atoms. The van der Waals surface area contributed by atoms with Crippen LogP contribution in [0.2, 0.25) is 5.02 Å². The molecule has 3 amide bonds. The van der Waals surface area contributed by atoms with E-state index in [1.165, 1.54) is 0 Å². The molecular formula is C17H25ClN4O3. The van der Waals surface area contributed by atoms with Crippen molar-refractivity contribution in [2.45, 2.75) is 37.8 Å². The summed E-state index contributed by atoms with van der Waals surface area (Å²) in [5.74, 6) is 0.614. The van der Waals surface area contributed by atoms with E-state index in [9.17, 15) is 9.59 Å². The van der Waals surface area contributed by atoms with Gasteiger partial charge in [-0.15, -0.1) is 0 Å². The first-order valence-electron chi connectivity index (χ1n) is 8.46. The molecule has 0 unspecified atom stereocenters. The quantitative estimate of drug-likeness (QED) is 0.633. The van der Waals surface area contributed by atoms with Gasteiger partial charge in [0.25, 0.3) is 0 Å². The number of nitrogens with zero attached hydrogens (tertiary/aromatic N) is 1. The van der Waals surface area contributed by atoms with Gasteiger partial charge in [-0.25, -0.2) is 4.79 Å². The molecule has 0 saturated carbocycles. The number of piperidine rings is 1. The fraction of sp³-hybridized carbons (Fsp3) is 0.529. The number of halogens is 1. The van der Waals surface area contributed by atoms with Crippen LogP contribution < -0.4 is 21.5 Å². The van der Waals surface area contributed by atoms with E-state index in [1.807, 2.05) is 18.2 Å². The fourth-order valence-electron chi connectivity index (χ4n) is 2.81. The molecule has 1 aliphatic rings. The zero-order valence-corrected chi connectivity index (χ0v) is 14.9. The average molecular weight is 369 g/mol. The van der Waals surface area contributed by atoms with Crippen molar-refractivity contribution in [2.24, 2.45) is 11.5 Å². The first kappa shape index (κ1) is 19.3. The second kappa shape index (κ2) is 9.48. The molecule has 2 rings (SSSR count). The van der Waals surface area contributed by atoms with Crippen LogP contribution in [0.4, 0.5) is 4.79 Å². The van der Waals surface area contributed by atoms with Crippen LogP contribution in [-0.4, -0.2) is 48.6 Å². The maximum Gasteiger partial charge on any atom is 0.312 e. The Kier molecular flexibility index (Phi) is 7.33. The van der Waals surface area contributed by atoms with Gasteiger partial charge in [0, 0.05) is 32.5 Å². The summed E-state index contributed by atoms with van der Waals surface area (Å²) in [6.45, 7) is 1.65. The van der Waals surface area contributed by atoms with Gasteiger partial charge in [-0.1, -0.05) is 23.7 Å². The first-order chi connectivity index (χ1) is 12.0. The standard InChI is InChI=1S/C17H25ClN4O3/c18-13-4-1-2-6-15(13)25-12-7-10-22(11-8-12)16(23)14(19)5-3-9-21-17(20)24/h1-2,4,6,12,14H,3,5,7-11,19H2,(H3,20,21,24)/t14-/m0/s1. The smallest absolute Gasteiger partial charge is 0.312 e. The fourth-order valence-corrected chi connectivity index (χ4v) is 2.99. The second-order valence-electron chi connectivity index (χ2n) is 6.11. The normalized spacial score (nSPS) is 16.3. The van der Waals surface area contributed by atoms with Gasteiger partial charge in [-0.3, -0.25) is 4.79 Å². The Hall–Kier alpha value is -1.99. The largest absolute Gasteiger partial charge is 0.489 e. The van der Waals surface area contributed by atoms with Crippen LogP contribution in [0.1, 0.15) is 25.7 Å². The highest BCUT2D eigenvalue weighted by Gasteiger charge is 2.27. The summed E-state index contributed by atoms with van der Waals surface area (Å²) in [5, 5.41) is 3.07. The Labute approximate surface area is 152 Å². The minimum atomic E-state index is -0.569. The third-order valence-electron chi connectivity index (χ3n) is 4.19. The van der Waals surface area contributed by atoms with Crippen molar-refractivity contribution in [3.63, 3.8) is 0 Å². The molecule has 8 heteroatoms. The molecule has 1 saturated heterocycles. The number of rotatable bonds is 7. The Balaban J connectivity index is 1.72. The van der Waals surface area contributed by atoms with Crippen LogP contribution in [0.3, 0.4) is 0 Å². The number of hydrogen-bond donors (Lipinski definition) is 3. The van der Waals surface area contributed by atoms with Crippen molar-refractivity contribution < 1.29 is 14.3 Å². The number of likely N-dealkylation sites (tertiary alicyclic amines) is 1. The number of hydrogen-bond acceptors (Lipinski definition) is 4. The number of carbonyl (C=O) groups is 2. The molecule has 1 aromatic rings. The van der Waals surface area contributed by atoms with Crippen LogP contribution in [0.25, 0.3) is 0 Å². The highest BCUT2D eigenvalue weighted by atomic mass is 35.5. The van der Waals surface area contributed by atoms with E-state index in [2.05, 4.69) is 5.32 Å². The number of nitrogens with two attached hydrogens (primary N) is 2. The second-order valence-corrected chi connectivity index (χ2v) is 6.52. The Bertz CT molecular complexity index is 591. The lowest BCUT2D eigenvalue weighted by Gasteiger charge is -2.33. The SMILES string of the molecule is NC(=O)NCCC[C@H](N)C(=O)N1CCC(Oc2ccccc2Cl)CC1. The number of para-hydroxylation sites is 1. The summed E-state index contributed by atoms with van der Waals surface area (Å²) >= 11 is 6.10. The summed E-state index contributed by atoms with van der Waals surface area (Å²) in [6.07, 6.45) is 2.65. The Morgan fingerprint density at radius 2 is 2.00 bits per heavy atom. The van der Waals surface area contributed by atoms with Gasteiger partial charge >= 0.3 is 6.03 Å². The molecule has 1 atom stereocenters. The highest BCUT2D eigenvalue weighted by molar-refractivity contribution is 6.32. The van der Waals surface area contributed by atoms with E-state index in [4.69, 9.17) is 27.8 Å². The maximum absolute atomic E-state index is 12.4. The summed E-state index contributed by atoms with van der Waals surface area (Å²) in [5.41, 5.74) is 10.9. The molecular weight excluding hydrogens is 344 g/mol. The monoisotopic (exact) mass is 368 g/mol. The van der Waals surface area contributed by atoms with Gasteiger partial charge in [0.2, 0.25) is 5.91 Å². The molecule has 0 spiro atoms. The summed E-state index contributed by atoms with van der Waals surface area (Å²) in [4.78, 5) is 24.7. The van der Waals surface area contributed by atoms with E-state index in [0.717, 1.165) is 12.8 Å². The van der Waals surface area contributed by atoms with Crippen molar-refractivity contribution in [3.8, 4) is 5.75 Å². The van der Waals surface area contributed by atoms with Crippen molar-refractivity contribution in [1.82, 2.24) is 10.2 Å². The number of primary amides is 1. The van der Waals surface area contributed by atoms with E-state index in [0.29, 0.717) is 43.2 Å². The van der Waals surface area contributed by atoms with Crippen LogP contribution >= 0.6 is 11.6 Å². The minimum Gasteiger partial charge on any atom is -0.489 e. The predicted octanol–water partition coefficient (Wildman–Crippen LogP) is 1.49.